The van der Waals surface area contributed by atoms with Gasteiger partial charge in [-0.25, -0.2) is 9.97 Å². The van der Waals surface area contributed by atoms with Crippen LogP contribution in [0.2, 0.25) is 0 Å². The Morgan fingerprint density at radius 1 is 0.362 bits per heavy atom. The highest BCUT2D eigenvalue weighted by Gasteiger charge is 2.18. The molecule has 2 aromatic heterocycles. The maximum absolute atomic E-state index is 6.64. The highest BCUT2D eigenvalue weighted by Crippen LogP contribution is 2.43. The van der Waals surface area contributed by atoms with Crippen LogP contribution in [0.15, 0.2) is 174 Å². The standard InChI is InChI=1S/C44H28N2O/c1-4-14-29(15-5-1)37-27-38-42-34(24-13-25-41(42)47-43(38)36-23-11-10-22-35(36)37)32-20-12-21-33(26-32)40-28-39(30-16-6-2-7-17-30)45-44(46-40)31-18-8-3-9-19-31/h1-28H. The van der Waals surface area contributed by atoms with E-state index in [1.807, 2.05) is 36.4 Å². The van der Waals surface area contributed by atoms with Gasteiger partial charge in [0, 0.05) is 32.8 Å². The first-order chi connectivity index (χ1) is 23.3. The summed E-state index contributed by atoms with van der Waals surface area (Å²) in [6.07, 6.45) is 0. The second-order valence-corrected chi connectivity index (χ2v) is 11.8. The molecule has 220 valence electrons. The molecule has 0 spiro atoms. The van der Waals surface area contributed by atoms with Gasteiger partial charge in [-0.1, -0.05) is 146 Å². The van der Waals surface area contributed by atoms with Crippen LogP contribution in [0.25, 0.3) is 88.9 Å². The van der Waals surface area contributed by atoms with Crippen molar-refractivity contribution >= 4 is 32.7 Å². The van der Waals surface area contributed by atoms with Gasteiger partial charge >= 0.3 is 0 Å². The van der Waals surface area contributed by atoms with Crippen molar-refractivity contribution in [3.05, 3.63) is 170 Å². The van der Waals surface area contributed by atoms with E-state index in [1.54, 1.807) is 0 Å². The van der Waals surface area contributed by atoms with E-state index in [0.717, 1.165) is 66.5 Å². The number of fused-ring (bicyclic) bond motifs is 5. The Balaban J connectivity index is 1.25. The van der Waals surface area contributed by atoms with Gasteiger partial charge in [0.15, 0.2) is 5.82 Å². The largest absolute Gasteiger partial charge is 0.455 e. The quantitative estimate of drug-likeness (QED) is 0.197. The van der Waals surface area contributed by atoms with Crippen LogP contribution in [0.5, 0.6) is 0 Å². The third-order valence-electron chi connectivity index (χ3n) is 8.88. The molecule has 0 atom stereocenters. The maximum Gasteiger partial charge on any atom is 0.160 e. The Labute approximate surface area is 272 Å². The van der Waals surface area contributed by atoms with E-state index >= 15 is 0 Å². The van der Waals surface area contributed by atoms with Crippen LogP contribution in [0.4, 0.5) is 0 Å². The molecule has 9 rings (SSSR count). The minimum atomic E-state index is 0.704. The van der Waals surface area contributed by atoms with Crippen LogP contribution >= 0.6 is 0 Å². The third-order valence-corrected chi connectivity index (χ3v) is 8.88. The molecule has 0 amide bonds. The average molecular weight is 601 g/mol. The van der Waals surface area contributed by atoms with Gasteiger partial charge in [-0.2, -0.15) is 0 Å². The van der Waals surface area contributed by atoms with Gasteiger partial charge in [-0.15, -0.1) is 0 Å². The van der Waals surface area contributed by atoms with Gasteiger partial charge in [0.25, 0.3) is 0 Å². The maximum atomic E-state index is 6.64. The zero-order chi connectivity index (χ0) is 31.2. The summed E-state index contributed by atoms with van der Waals surface area (Å²) in [6, 6.07) is 59.0. The molecule has 0 bridgehead atoms. The van der Waals surface area contributed by atoms with Crippen molar-refractivity contribution < 1.29 is 4.42 Å². The SMILES string of the molecule is c1ccc(-c2cc(-c3cccc(-c4cccc5oc6c7ccccc7c(-c7ccccc7)cc6c45)c3)nc(-c3ccccc3)n2)cc1. The minimum absolute atomic E-state index is 0.704. The summed E-state index contributed by atoms with van der Waals surface area (Å²) >= 11 is 0. The number of hydrogen-bond acceptors (Lipinski definition) is 3. The first-order valence-corrected chi connectivity index (χ1v) is 15.8. The fourth-order valence-electron chi connectivity index (χ4n) is 6.66. The van der Waals surface area contributed by atoms with Crippen molar-refractivity contribution in [2.24, 2.45) is 0 Å². The summed E-state index contributed by atoms with van der Waals surface area (Å²) in [7, 11) is 0. The van der Waals surface area contributed by atoms with Crippen molar-refractivity contribution in [2.75, 3.05) is 0 Å². The molecule has 0 radical (unpaired) electrons. The highest BCUT2D eigenvalue weighted by atomic mass is 16.3. The Morgan fingerprint density at radius 3 is 1.68 bits per heavy atom. The van der Waals surface area contributed by atoms with E-state index < -0.39 is 0 Å². The molecule has 9 aromatic rings. The van der Waals surface area contributed by atoms with Gasteiger partial charge in [0.1, 0.15) is 11.2 Å². The predicted molar refractivity (Wildman–Crippen MR) is 194 cm³/mol. The Hall–Kier alpha value is -6.32. The summed E-state index contributed by atoms with van der Waals surface area (Å²) < 4.78 is 6.64. The van der Waals surface area contributed by atoms with Crippen molar-refractivity contribution in [3.63, 3.8) is 0 Å². The van der Waals surface area contributed by atoms with E-state index in [1.165, 1.54) is 16.5 Å². The van der Waals surface area contributed by atoms with Gasteiger partial charge in [-0.05, 0) is 51.9 Å². The van der Waals surface area contributed by atoms with E-state index in [0.29, 0.717) is 5.82 Å². The number of furan rings is 1. The van der Waals surface area contributed by atoms with Gasteiger partial charge < -0.3 is 4.42 Å². The molecule has 0 aliphatic carbocycles. The number of rotatable bonds is 5. The smallest absolute Gasteiger partial charge is 0.160 e. The molecule has 47 heavy (non-hydrogen) atoms. The van der Waals surface area contributed by atoms with Crippen LogP contribution < -0.4 is 0 Å². The molecule has 0 aliphatic rings. The molecule has 0 N–H and O–H groups in total. The topological polar surface area (TPSA) is 38.9 Å². The van der Waals surface area contributed by atoms with Crippen LogP contribution in [0, 0.1) is 0 Å². The lowest BCUT2D eigenvalue weighted by molar-refractivity contribution is 0.673. The summed E-state index contributed by atoms with van der Waals surface area (Å²) in [5.74, 6) is 0.704. The van der Waals surface area contributed by atoms with Crippen LogP contribution in [0.1, 0.15) is 0 Å². The highest BCUT2D eigenvalue weighted by molar-refractivity contribution is 6.22. The van der Waals surface area contributed by atoms with Crippen LogP contribution in [-0.2, 0) is 0 Å². The van der Waals surface area contributed by atoms with E-state index in [9.17, 15) is 0 Å². The molecule has 0 aliphatic heterocycles. The Bertz CT molecular complexity index is 2500. The number of hydrogen-bond donors (Lipinski definition) is 0. The zero-order valence-corrected chi connectivity index (χ0v) is 25.5. The average Bonchev–Trinajstić information content (AvgIpc) is 3.55. The van der Waals surface area contributed by atoms with Crippen LogP contribution in [-0.4, -0.2) is 9.97 Å². The summed E-state index contributed by atoms with van der Waals surface area (Å²) in [5, 5.41) is 4.52. The lowest BCUT2D eigenvalue weighted by Gasteiger charge is -2.11. The van der Waals surface area contributed by atoms with Crippen molar-refractivity contribution in [1.82, 2.24) is 9.97 Å². The lowest BCUT2D eigenvalue weighted by atomic mass is 9.93. The van der Waals surface area contributed by atoms with Gasteiger partial charge in [0.05, 0.1) is 11.4 Å². The summed E-state index contributed by atoms with van der Waals surface area (Å²) in [5.41, 5.74) is 11.2. The predicted octanol–water partition coefficient (Wildman–Crippen LogP) is 11.9. The molecule has 0 unspecified atom stereocenters. The van der Waals surface area contributed by atoms with Crippen LogP contribution in [0.3, 0.4) is 0 Å². The fraction of sp³-hybridized carbons (Fsp3) is 0. The van der Waals surface area contributed by atoms with E-state index in [-0.39, 0.29) is 0 Å². The fourth-order valence-corrected chi connectivity index (χ4v) is 6.66. The molecule has 7 aromatic carbocycles. The molecule has 2 heterocycles. The molecular formula is C44H28N2O. The molecule has 3 heteroatoms. The molecule has 0 saturated heterocycles. The van der Waals surface area contributed by atoms with Crippen molar-refractivity contribution in [1.29, 1.82) is 0 Å². The molecular weight excluding hydrogens is 572 g/mol. The van der Waals surface area contributed by atoms with E-state index in [4.69, 9.17) is 14.4 Å². The van der Waals surface area contributed by atoms with Gasteiger partial charge in [-0.3, -0.25) is 0 Å². The van der Waals surface area contributed by atoms with Crippen molar-refractivity contribution in [3.8, 4) is 56.2 Å². The monoisotopic (exact) mass is 600 g/mol. The second-order valence-electron chi connectivity index (χ2n) is 11.8. The summed E-state index contributed by atoms with van der Waals surface area (Å²) in [6.45, 7) is 0. The Morgan fingerprint density at radius 2 is 0.936 bits per heavy atom. The number of aromatic nitrogens is 2. The summed E-state index contributed by atoms with van der Waals surface area (Å²) in [4.78, 5) is 10.1. The zero-order valence-electron chi connectivity index (χ0n) is 25.5. The van der Waals surface area contributed by atoms with E-state index in [2.05, 4.69) is 133 Å². The molecule has 0 fully saturated rings. The lowest BCUT2D eigenvalue weighted by Crippen LogP contribution is -1.96. The number of benzene rings is 7. The van der Waals surface area contributed by atoms with Crippen molar-refractivity contribution in [2.45, 2.75) is 0 Å². The number of nitrogens with zero attached hydrogens (tertiary/aromatic N) is 2. The molecule has 3 nitrogen and oxygen atoms in total. The normalized spacial score (nSPS) is 11.4. The first-order valence-electron chi connectivity index (χ1n) is 15.8. The minimum Gasteiger partial charge on any atom is -0.455 e. The molecule has 0 saturated carbocycles. The Kier molecular flexibility index (Phi) is 6.46. The first kappa shape index (κ1) is 27.0. The second kappa shape index (κ2) is 11.2. The van der Waals surface area contributed by atoms with Gasteiger partial charge in [0.2, 0.25) is 0 Å². The third kappa shape index (κ3) is 4.77.